The lowest BCUT2D eigenvalue weighted by Gasteiger charge is -2.35. The molecule has 2 atom stereocenters. The molecule has 2 saturated heterocycles. The van der Waals surface area contributed by atoms with E-state index in [-0.39, 0.29) is 33.4 Å². The number of rotatable bonds is 8. The molecule has 0 radical (unpaired) electrons. The van der Waals surface area contributed by atoms with Gasteiger partial charge in [0.2, 0.25) is 0 Å². The predicted octanol–water partition coefficient (Wildman–Crippen LogP) is 3.78. The van der Waals surface area contributed by atoms with Crippen LogP contribution in [0.4, 0.5) is 0 Å². The highest BCUT2D eigenvalue weighted by atomic mass is 32.2. The Kier molecular flexibility index (Phi) is 8.68. The predicted molar refractivity (Wildman–Crippen MR) is 134 cm³/mol. The van der Waals surface area contributed by atoms with Gasteiger partial charge in [-0.1, -0.05) is 19.9 Å². The summed E-state index contributed by atoms with van der Waals surface area (Å²) in [7, 11) is -7.52. The van der Waals surface area contributed by atoms with Crippen LogP contribution in [0.1, 0.15) is 58.9 Å². The molecule has 33 heavy (non-hydrogen) atoms. The summed E-state index contributed by atoms with van der Waals surface area (Å²) in [6.07, 6.45) is 4.28. The van der Waals surface area contributed by atoms with E-state index < -0.39 is 19.7 Å². The lowest BCUT2D eigenvalue weighted by molar-refractivity contribution is 0.157. The average molecular weight is 499 g/mol. The minimum Gasteiger partial charge on any atom is -0.300 e. The van der Waals surface area contributed by atoms with Crippen molar-refractivity contribution in [2.75, 3.05) is 37.7 Å². The maximum Gasteiger partial charge on any atom is 0.181 e. The molecule has 2 aliphatic rings. The van der Waals surface area contributed by atoms with E-state index >= 15 is 0 Å². The standard InChI is InChI=1S/C25H42N2O4S2/c1-19-8-12-26(13-9-19)22(4)17-32(28,29)24-7-6-21(3)16-25(24)33(30,31)18-23(5)27-14-10-20(2)11-15-27/h6-7,16,19-20,22-23H,8-15,17-18H2,1-5H3. The minimum atomic E-state index is -3.76. The van der Waals surface area contributed by atoms with Gasteiger partial charge >= 0.3 is 0 Å². The van der Waals surface area contributed by atoms with Crippen molar-refractivity contribution in [3.8, 4) is 0 Å². The van der Waals surface area contributed by atoms with Gasteiger partial charge in [0.1, 0.15) is 0 Å². The van der Waals surface area contributed by atoms with E-state index in [0.29, 0.717) is 11.8 Å². The third-order valence-corrected chi connectivity index (χ3v) is 11.6. The Labute approximate surface area is 201 Å². The zero-order chi connectivity index (χ0) is 24.4. The van der Waals surface area contributed by atoms with Crippen molar-refractivity contribution in [1.29, 1.82) is 0 Å². The molecule has 0 aromatic heterocycles. The van der Waals surface area contributed by atoms with Crippen molar-refractivity contribution in [1.82, 2.24) is 9.80 Å². The summed E-state index contributed by atoms with van der Waals surface area (Å²) in [4.78, 5) is 4.38. The molecule has 0 bridgehead atoms. The number of benzene rings is 1. The van der Waals surface area contributed by atoms with E-state index in [1.165, 1.54) is 6.07 Å². The van der Waals surface area contributed by atoms with Gasteiger partial charge < -0.3 is 0 Å². The zero-order valence-electron chi connectivity index (χ0n) is 21.0. The number of piperidine rings is 2. The fraction of sp³-hybridized carbons (Fsp3) is 0.760. The highest BCUT2D eigenvalue weighted by molar-refractivity contribution is 7.94. The van der Waals surface area contributed by atoms with E-state index in [1.54, 1.807) is 12.1 Å². The summed E-state index contributed by atoms with van der Waals surface area (Å²) in [5, 5.41) is 0. The fourth-order valence-corrected chi connectivity index (χ4v) is 9.27. The van der Waals surface area contributed by atoms with Crippen LogP contribution in [-0.4, -0.2) is 76.4 Å². The molecule has 1 aromatic rings. The Morgan fingerprint density at radius 1 is 0.758 bits per heavy atom. The molecule has 6 nitrogen and oxygen atoms in total. The Balaban J connectivity index is 1.81. The topological polar surface area (TPSA) is 74.8 Å². The Morgan fingerprint density at radius 3 is 1.58 bits per heavy atom. The van der Waals surface area contributed by atoms with Crippen LogP contribution >= 0.6 is 0 Å². The van der Waals surface area contributed by atoms with Crippen LogP contribution < -0.4 is 0 Å². The van der Waals surface area contributed by atoms with Crippen molar-refractivity contribution in [3.63, 3.8) is 0 Å². The van der Waals surface area contributed by atoms with Crippen LogP contribution in [0.3, 0.4) is 0 Å². The summed E-state index contributed by atoms with van der Waals surface area (Å²) in [6, 6.07) is 4.45. The lowest BCUT2D eigenvalue weighted by atomic mass is 9.98. The van der Waals surface area contributed by atoms with E-state index in [2.05, 4.69) is 23.6 Å². The monoisotopic (exact) mass is 498 g/mol. The number of hydrogen-bond acceptors (Lipinski definition) is 6. The molecule has 8 heteroatoms. The second-order valence-electron chi connectivity index (χ2n) is 10.6. The fourth-order valence-electron chi connectivity index (χ4n) is 5.08. The van der Waals surface area contributed by atoms with Gasteiger partial charge in [0.15, 0.2) is 19.7 Å². The van der Waals surface area contributed by atoms with Crippen molar-refractivity contribution < 1.29 is 16.8 Å². The first-order chi connectivity index (χ1) is 15.4. The molecule has 2 fully saturated rings. The Bertz CT molecular complexity index is 1010. The van der Waals surface area contributed by atoms with Crippen molar-refractivity contribution in [2.24, 2.45) is 11.8 Å². The molecular formula is C25H42N2O4S2. The van der Waals surface area contributed by atoms with Crippen molar-refractivity contribution in [3.05, 3.63) is 23.8 Å². The molecular weight excluding hydrogens is 456 g/mol. The first-order valence-corrected chi connectivity index (χ1v) is 15.7. The van der Waals surface area contributed by atoms with Crippen molar-refractivity contribution in [2.45, 2.75) is 82.2 Å². The second kappa shape index (κ2) is 10.8. The Hall–Kier alpha value is -0.960. The summed E-state index contributed by atoms with van der Waals surface area (Å²) >= 11 is 0. The van der Waals surface area contributed by atoms with Crippen LogP contribution in [0.5, 0.6) is 0 Å². The largest absolute Gasteiger partial charge is 0.300 e. The maximum atomic E-state index is 13.5. The van der Waals surface area contributed by atoms with Crippen LogP contribution in [0, 0.1) is 18.8 Å². The van der Waals surface area contributed by atoms with E-state index in [4.69, 9.17) is 0 Å². The number of sulfone groups is 2. The van der Waals surface area contributed by atoms with Gasteiger partial charge in [-0.2, -0.15) is 0 Å². The third kappa shape index (κ3) is 6.80. The van der Waals surface area contributed by atoms with Gasteiger partial charge in [-0.05, 0) is 102 Å². The van der Waals surface area contributed by atoms with Crippen LogP contribution in [-0.2, 0) is 19.7 Å². The molecule has 1 aromatic carbocycles. The third-order valence-electron chi connectivity index (χ3n) is 7.57. The van der Waals surface area contributed by atoms with E-state index in [9.17, 15) is 16.8 Å². The number of nitrogens with zero attached hydrogens (tertiary/aromatic N) is 2. The van der Waals surface area contributed by atoms with Crippen LogP contribution in [0.2, 0.25) is 0 Å². The minimum absolute atomic E-state index is 0.0285. The summed E-state index contributed by atoms with van der Waals surface area (Å²) in [5.74, 6) is 1.21. The lowest BCUT2D eigenvalue weighted by Crippen LogP contribution is -2.43. The number of hydrogen-bond donors (Lipinski definition) is 0. The molecule has 0 amide bonds. The molecule has 2 unspecified atom stereocenters. The molecule has 188 valence electrons. The number of likely N-dealkylation sites (tertiary alicyclic amines) is 2. The van der Waals surface area contributed by atoms with Gasteiger partial charge in [0, 0.05) is 12.1 Å². The first kappa shape index (κ1) is 26.6. The Morgan fingerprint density at radius 2 is 1.15 bits per heavy atom. The van der Waals surface area contributed by atoms with Crippen molar-refractivity contribution >= 4 is 19.7 Å². The summed E-state index contributed by atoms with van der Waals surface area (Å²) in [5.41, 5.74) is 0.755. The van der Waals surface area contributed by atoms with Gasteiger partial charge in [0.25, 0.3) is 0 Å². The molecule has 2 aliphatic heterocycles. The van der Waals surface area contributed by atoms with Crippen LogP contribution in [0.25, 0.3) is 0 Å². The smallest absolute Gasteiger partial charge is 0.181 e. The SMILES string of the molecule is Cc1ccc(S(=O)(=O)CC(C)N2CCC(C)CC2)c(S(=O)(=O)CC(C)N2CCC(C)CC2)c1. The van der Waals surface area contributed by atoms with Crippen LogP contribution in [0.15, 0.2) is 28.0 Å². The van der Waals surface area contributed by atoms with Gasteiger partial charge in [-0.25, -0.2) is 16.8 Å². The highest BCUT2D eigenvalue weighted by Gasteiger charge is 2.32. The molecule has 0 N–H and O–H groups in total. The van der Waals surface area contributed by atoms with Gasteiger partial charge in [0.05, 0.1) is 21.3 Å². The maximum absolute atomic E-state index is 13.5. The quantitative estimate of drug-likeness (QED) is 0.543. The normalized spacial score (nSPS) is 22.3. The highest BCUT2D eigenvalue weighted by Crippen LogP contribution is 2.28. The number of aryl methyl sites for hydroxylation is 1. The first-order valence-electron chi connectivity index (χ1n) is 12.4. The molecule has 2 heterocycles. The summed E-state index contributed by atoms with van der Waals surface area (Å²) < 4.78 is 53.9. The molecule has 3 rings (SSSR count). The molecule has 0 aliphatic carbocycles. The molecule has 0 spiro atoms. The molecule has 0 saturated carbocycles. The van der Waals surface area contributed by atoms with Gasteiger partial charge in [-0.3, -0.25) is 9.80 Å². The summed E-state index contributed by atoms with van der Waals surface area (Å²) in [6.45, 7) is 13.7. The van der Waals surface area contributed by atoms with Gasteiger partial charge in [-0.15, -0.1) is 0 Å². The average Bonchev–Trinajstić information content (AvgIpc) is 2.73. The zero-order valence-corrected chi connectivity index (χ0v) is 22.6. The van der Waals surface area contributed by atoms with E-state index in [0.717, 1.165) is 57.4 Å². The second-order valence-corrected chi connectivity index (χ2v) is 14.7. The van der Waals surface area contributed by atoms with E-state index in [1.807, 2.05) is 20.8 Å².